The van der Waals surface area contributed by atoms with Crippen LogP contribution in [0.2, 0.25) is 0 Å². The summed E-state index contributed by atoms with van der Waals surface area (Å²) < 4.78 is 12.9. The highest BCUT2D eigenvalue weighted by atomic mass is 32.2. The van der Waals surface area contributed by atoms with E-state index < -0.39 is 0 Å². The van der Waals surface area contributed by atoms with Crippen molar-refractivity contribution in [3.05, 3.63) is 52.9 Å². The van der Waals surface area contributed by atoms with E-state index in [9.17, 15) is 4.39 Å². The van der Waals surface area contributed by atoms with Gasteiger partial charge in [0, 0.05) is 29.2 Å². The molecule has 0 amide bonds. The van der Waals surface area contributed by atoms with Crippen molar-refractivity contribution < 1.29 is 4.39 Å². The first-order valence-corrected chi connectivity index (χ1v) is 8.21. The zero-order chi connectivity index (χ0) is 14.7. The number of aryl methyl sites for hydroxylation is 1. The van der Waals surface area contributed by atoms with Crippen LogP contribution in [0.4, 0.5) is 4.39 Å². The molecule has 5 heteroatoms. The first-order valence-electron chi connectivity index (χ1n) is 7.23. The summed E-state index contributed by atoms with van der Waals surface area (Å²) in [6.45, 7) is 3.89. The minimum Gasteiger partial charge on any atom is -0.307 e. The van der Waals surface area contributed by atoms with Crippen LogP contribution >= 0.6 is 11.8 Å². The van der Waals surface area contributed by atoms with Crippen molar-refractivity contribution in [1.82, 2.24) is 15.3 Å². The molecule has 1 aliphatic heterocycles. The molecule has 110 valence electrons. The van der Waals surface area contributed by atoms with Gasteiger partial charge in [-0.3, -0.25) is 0 Å². The van der Waals surface area contributed by atoms with Crippen LogP contribution in [-0.4, -0.2) is 9.97 Å². The third-order valence-corrected chi connectivity index (χ3v) is 4.50. The van der Waals surface area contributed by atoms with Gasteiger partial charge in [-0.15, -0.1) is 11.8 Å². The monoisotopic (exact) mass is 303 g/mol. The Morgan fingerprint density at radius 2 is 2.00 bits per heavy atom. The molecule has 0 aliphatic carbocycles. The maximum Gasteiger partial charge on any atom is 0.139 e. The number of rotatable bonds is 5. The predicted octanol–water partition coefficient (Wildman–Crippen LogP) is 3.46. The highest BCUT2D eigenvalue weighted by Crippen LogP contribution is 2.24. The number of nitrogens with zero attached hydrogens (tertiary/aromatic N) is 2. The molecular weight excluding hydrogens is 285 g/mol. The fraction of sp³-hybridized carbons (Fsp3) is 0.375. The van der Waals surface area contributed by atoms with Gasteiger partial charge >= 0.3 is 0 Å². The highest BCUT2D eigenvalue weighted by Gasteiger charge is 2.18. The second-order valence-electron chi connectivity index (χ2n) is 5.11. The maximum atomic E-state index is 12.9. The highest BCUT2D eigenvalue weighted by molar-refractivity contribution is 7.98. The van der Waals surface area contributed by atoms with E-state index >= 15 is 0 Å². The molecule has 0 fully saturated rings. The largest absolute Gasteiger partial charge is 0.307 e. The van der Waals surface area contributed by atoms with E-state index in [1.165, 1.54) is 23.4 Å². The Bertz CT molecular complexity index is 628. The molecule has 0 atom stereocenters. The molecule has 0 bridgehead atoms. The second kappa shape index (κ2) is 6.54. The average Bonchev–Trinajstić information content (AvgIpc) is 2.96. The maximum absolute atomic E-state index is 12.9. The van der Waals surface area contributed by atoms with E-state index in [2.05, 4.69) is 17.2 Å². The summed E-state index contributed by atoms with van der Waals surface area (Å²) in [4.78, 5) is 10.4. The van der Waals surface area contributed by atoms with Gasteiger partial charge in [-0.05, 0) is 30.7 Å². The second-order valence-corrected chi connectivity index (χ2v) is 6.16. The van der Waals surface area contributed by atoms with E-state index in [4.69, 9.17) is 4.98 Å². The van der Waals surface area contributed by atoms with Crippen LogP contribution in [0.5, 0.6) is 0 Å². The molecule has 0 radical (unpaired) electrons. The summed E-state index contributed by atoms with van der Waals surface area (Å²) in [6.07, 6.45) is 2.09. The summed E-state index contributed by atoms with van der Waals surface area (Å²) in [5.41, 5.74) is 3.61. The van der Waals surface area contributed by atoms with Crippen LogP contribution < -0.4 is 5.32 Å². The number of fused-ring (bicyclic) bond motifs is 1. The number of thioether (sulfide) groups is 1. The fourth-order valence-corrected chi connectivity index (χ4v) is 3.23. The summed E-state index contributed by atoms with van der Waals surface area (Å²) in [5, 5.41) is 3.34. The summed E-state index contributed by atoms with van der Waals surface area (Å²) in [6, 6.07) is 6.56. The molecule has 1 aliphatic rings. The lowest BCUT2D eigenvalue weighted by atomic mass is 10.1. The van der Waals surface area contributed by atoms with E-state index in [0.29, 0.717) is 0 Å². The summed E-state index contributed by atoms with van der Waals surface area (Å²) in [7, 11) is 0. The molecule has 0 unspecified atom stereocenters. The van der Waals surface area contributed by atoms with Gasteiger partial charge in [0.05, 0.1) is 11.4 Å². The van der Waals surface area contributed by atoms with Crippen LogP contribution in [-0.2, 0) is 25.3 Å². The zero-order valence-electron chi connectivity index (χ0n) is 12.0. The lowest BCUT2D eigenvalue weighted by molar-refractivity contribution is 0.626. The number of hydrogen-bond donors (Lipinski definition) is 1. The predicted molar refractivity (Wildman–Crippen MR) is 82.5 cm³/mol. The van der Waals surface area contributed by atoms with Crippen molar-refractivity contribution in [2.45, 2.75) is 43.5 Å². The molecule has 1 aromatic heterocycles. The third-order valence-electron chi connectivity index (χ3n) is 3.49. The Labute approximate surface area is 128 Å². The van der Waals surface area contributed by atoms with Crippen LogP contribution in [0.1, 0.15) is 36.1 Å². The molecule has 21 heavy (non-hydrogen) atoms. The molecule has 1 aromatic carbocycles. The van der Waals surface area contributed by atoms with Crippen molar-refractivity contribution in [1.29, 1.82) is 0 Å². The minimum atomic E-state index is -0.204. The first-order chi connectivity index (χ1) is 10.3. The van der Waals surface area contributed by atoms with Gasteiger partial charge in [0.1, 0.15) is 11.6 Å². The Balaban J connectivity index is 1.76. The Kier molecular flexibility index (Phi) is 4.51. The van der Waals surface area contributed by atoms with Gasteiger partial charge in [0.2, 0.25) is 0 Å². The molecular formula is C16H18FN3S. The molecule has 0 saturated heterocycles. The number of benzene rings is 1. The van der Waals surface area contributed by atoms with Gasteiger partial charge in [0.15, 0.2) is 0 Å². The first kappa shape index (κ1) is 14.5. The van der Waals surface area contributed by atoms with E-state index in [1.807, 2.05) is 0 Å². The van der Waals surface area contributed by atoms with E-state index in [-0.39, 0.29) is 5.82 Å². The molecule has 3 nitrogen and oxygen atoms in total. The third kappa shape index (κ3) is 3.41. The van der Waals surface area contributed by atoms with Crippen molar-refractivity contribution in [2.75, 3.05) is 0 Å². The van der Waals surface area contributed by atoms with Crippen LogP contribution in [0, 0.1) is 5.82 Å². The minimum absolute atomic E-state index is 0.204. The fourth-order valence-electron chi connectivity index (χ4n) is 2.48. The number of hydrogen-bond acceptors (Lipinski definition) is 4. The molecule has 1 N–H and O–H groups in total. The molecule has 0 spiro atoms. The molecule has 0 saturated carbocycles. The number of aromatic nitrogens is 2. The van der Waals surface area contributed by atoms with Gasteiger partial charge in [-0.1, -0.05) is 13.3 Å². The molecule has 3 rings (SSSR count). The molecule has 2 heterocycles. The van der Waals surface area contributed by atoms with Crippen molar-refractivity contribution in [3.8, 4) is 0 Å². The van der Waals surface area contributed by atoms with Crippen LogP contribution in [0.15, 0.2) is 29.2 Å². The van der Waals surface area contributed by atoms with Gasteiger partial charge in [-0.2, -0.15) is 0 Å². The van der Waals surface area contributed by atoms with Crippen molar-refractivity contribution in [2.24, 2.45) is 0 Å². The SMILES string of the molecule is CCCc1nc(CSc2ccc(F)cc2)nc2c1CNC2. The Hall–Kier alpha value is -1.46. The topological polar surface area (TPSA) is 37.8 Å². The lowest BCUT2D eigenvalue weighted by Crippen LogP contribution is -2.05. The average molecular weight is 303 g/mol. The lowest BCUT2D eigenvalue weighted by Gasteiger charge is -2.09. The number of halogens is 1. The quantitative estimate of drug-likeness (QED) is 0.858. The van der Waals surface area contributed by atoms with Crippen molar-refractivity contribution in [3.63, 3.8) is 0 Å². The van der Waals surface area contributed by atoms with E-state index in [1.54, 1.807) is 23.9 Å². The normalized spacial score (nSPS) is 13.4. The van der Waals surface area contributed by atoms with Gasteiger partial charge < -0.3 is 5.32 Å². The smallest absolute Gasteiger partial charge is 0.139 e. The number of nitrogens with one attached hydrogen (secondary N) is 1. The van der Waals surface area contributed by atoms with Crippen LogP contribution in [0.3, 0.4) is 0 Å². The zero-order valence-corrected chi connectivity index (χ0v) is 12.8. The summed E-state index contributed by atoms with van der Waals surface area (Å²) in [5.74, 6) is 1.38. The van der Waals surface area contributed by atoms with Crippen LogP contribution in [0.25, 0.3) is 0 Å². The van der Waals surface area contributed by atoms with E-state index in [0.717, 1.165) is 48.1 Å². The standard InChI is InChI=1S/C16H18FN3S/c1-2-3-14-13-8-18-9-15(13)20-16(19-14)10-21-12-6-4-11(17)5-7-12/h4-7,18H,2-3,8-10H2,1H3. The van der Waals surface area contributed by atoms with Gasteiger partial charge in [-0.25, -0.2) is 14.4 Å². The summed E-state index contributed by atoms with van der Waals surface area (Å²) >= 11 is 1.64. The van der Waals surface area contributed by atoms with Crippen molar-refractivity contribution >= 4 is 11.8 Å². The van der Waals surface area contributed by atoms with Gasteiger partial charge in [0.25, 0.3) is 0 Å². The Morgan fingerprint density at radius 1 is 1.19 bits per heavy atom. The Morgan fingerprint density at radius 3 is 2.76 bits per heavy atom. The molecule has 2 aromatic rings.